The van der Waals surface area contributed by atoms with E-state index in [1.54, 1.807) is 4.90 Å². The van der Waals surface area contributed by atoms with Crippen molar-refractivity contribution in [2.45, 2.75) is 45.4 Å². The maximum atomic E-state index is 12.8. The zero-order valence-electron chi connectivity index (χ0n) is 18.3. The van der Waals surface area contributed by atoms with E-state index in [2.05, 4.69) is 15.5 Å². The van der Waals surface area contributed by atoms with Crippen LogP contribution in [-0.4, -0.2) is 28.5 Å². The summed E-state index contributed by atoms with van der Waals surface area (Å²) in [7, 11) is 0. The Morgan fingerprint density at radius 1 is 1.12 bits per heavy atom. The molecule has 2 amide bonds. The fourth-order valence-electron chi connectivity index (χ4n) is 4.18. The number of benzene rings is 2. The van der Waals surface area contributed by atoms with Gasteiger partial charge in [0, 0.05) is 35.8 Å². The van der Waals surface area contributed by atoms with Gasteiger partial charge in [-0.3, -0.25) is 9.59 Å². The Bertz CT molecular complexity index is 1180. The van der Waals surface area contributed by atoms with Crippen LogP contribution in [0.15, 0.2) is 47.0 Å². The zero-order valence-corrected chi connectivity index (χ0v) is 18.3. The molecule has 3 aromatic rings. The van der Waals surface area contributed by atoms with Gasteiger partial charge in [-0.2, -0.15) is 4.98 Å². The summed E-state index contributed by atoms with van der Waals surface area (Å²) < 4.78 is 5.44. The van der Waals surface area contributed by atoms with E-state index in [0.717, 1.165) is 35.3 Å². The minimum atomic E-state index is -0.400. The molecule has 2 heterocycles. The smallest absolute Gasteiger partial charge is 0.230 e. The lowest BCUT2D eigenvalue weighted by molar-refractivity contribution is -0.122. The Kier molecular flexibility index (Phi) is 5.25. The van der Waals surface area contributed by atoms with Crippen molar-refractivity contribution in [2.24, 2.45) is 5.92 Å². The normalized spacial score (nSPS) is 18.6. The van der Waals surface area contributed by atoms with Gasteiger partial charge < -0.3 is 14.7 Å². The summed E-state index contributed by atoms with van der Waals surface area (Å²) in [6.45, 7) is 4.39. The molecule has 1 aliphatic heterocycles. The Labute approximate surface area is 186 Å². The molecule has 1 N–H and O–H groups in total. The first-order valence-corrected chi connectivity index (χ1v) is 11.1. The number of amides is 2. The summed E-state index contributed by atoms with van der Waals surface area (Å²) >= 11 is 0. The number of aryl methyl sites for hydroxylation is 2. The molecule has 164 valence electrons. The second-order valence-corrected chi connectivity index (χ2v) is 8.83. The predicted molar refractivity (Wildman–Crippen MR) is 121 cm³/mol. The number of carbonyl (C=O) groups is 2. The third-order valence-corrected chi connectivity index (χ3v) is 6.58. The lowest BCUT2D eigenvalue weighted by Crippen LogP contribution is -2.28. The minimum absolute atomic E-state index is 0.0642. The van der Waals surface area contributed by atoms with Crippen LogP contribution < -0.4 is 10.2 Å². The molecule has 1 aliphatic carbocycles. The van der Waals surface area contributed by atoms with Crippen LogP contribution in [0, 0.1) is 19.8 Å². The summed E-state index contributed by atoms with van der Waals surface area (Å²) in [6, 6.07) is 13.4. The van der Waals surface area contributed by atoms with E-state index in [9.17, 15) is 9.59 Å². The monoisotopic (exact) mass is 430 g/mol. The van der Waals surface area contributed by atoms with Crippen LogP contribution in [0.3, 0.4) is 0 Å². The van der Waals surface area contributed by atoms with E-state index in [1.807, 2.05) is 56.3 Å². The standard InChI is InChI=1S/C25H26N4O3/c1-15-9-10-20(11-16(15)2)26-24(31)19-13-22(30)29(14-19)21-8-4-7-18(12-21)23-27-25(32-28-23)17-5-3-6-17/h4,7-12,17,19H,3,5-6,13-14H2,1-2H3,(H,26,31)/t19-/m0/s1. The Morgan fingerprint density at radius 2 is 1.97 bits per heavy atom. The Hall–Kier alpha value is -3.48. The number of rotatable bonds is 5. The zero-order chi connectivity index (χ0) is 22.2. The number of hydrogen-bond acceptors (Lipinski definition) is 5. The summed E-state index contributed by atoms with van der Waals surface area (Å²) in [5.41, 5.74) is 4.58. The second kappa shape index (κ2) is 8.22. The lowest BCUT2D eigenvalue weighted by atomic mass is 9.85. The first-order chi connectivity index (χ1) is 15.5. The van der Waals surface area contributed by atoms with Crippen molar-refractivity contribution in [3.05, 3.63) is 59.5 Å². The Morgan fingerprint density at radius 3 is 2.72 bits per heavy atom. The van der Waals surface area contributed by atoms with Crippen molar-refractivity contribution in [3.63, 3.8) is 0 Å². The SMILES string of the molecule is Cc1ccc(NC(=O)[C@H]2CC(=O)N(c3cccc(-c4noc(C5CCC5)n4)c3)C2)cc1C. The molecular formula is C25H26N4O3. The molecular weight excluding hydrogens is 404 g/mol. The van der Waals surface area contributed by atoms with E-state index < -0.39 is 5.92 Å². The van der Waals surface area contributed by atoms with E-state index in [0.29, 0.717) is 24.2 Å². The van der Waals surface area contributed by atoms with Gasteiger partial charge in [-0.15, -0.1) is 0 Å². The molecule has 2 aromatic carbocycles. The van der Waals surface area contributed by atoms with Gasteiger partial charge in [0.1, 0.15) is 0 Å². The summed E-state index contributed by atoms with van der Waals surface area (Å²) in [5.74, 6) is 0.995. The molecule has 1 atom stereocenters. The van der Waals surface area contributed by atoms with Crippen LogP contribution in [0.5, 0.6) is 0 Å². The number of nitrogens with zero attached hydrogens (tertiary/aromatic N) is 3. The summed E-state index contributed by atoms with van der Waals surface area (Å²) in [4.78, 5) is 31.7. The minimum Gasteiger partial charge on any atom is -0.339 e. The molecule has 1 saturated carbocycles. The van der Waals surface area contributed by atoms with Crippen molar-refractivity contribution in [2.75, 3.05) is 16.8 Å². The molecule has 1 aromatic heterocycles. The van der Waals surface area contributed by atoms with Gasteiger partial charge >= 0.3 is 0 Å². The van der Waals surface area contributed by atoms with Gasteiger partial charge in [0.2, 0.25) is 23.5 Å². The quantitative estimate of drug-likeness (QED) is 0.638. The van der Waals surface area contributed by atoms with Gasteiger partial charge in [0.15, 0.2) is 0 Å². The second-order valence-electron chi connectivity index (χ2n) is 8.83. The van der Waals surface area contributed by atoms with E-state index in [4.69, 9.17) is 4.52 Å². The molecule has 32 heavy (non-hydrogen) atoms. The molecule has 0 bridgehead atoms. The molecule has 0 spiro atoms. The van der Waals surface area contributed by atoms with Crippen molar-refractivity contribution < 1.29 is 14.1 Å². The molecule has 7 nitrogen and oxygen atoms in total. The molecule has 1 saturated heterocycles. The number of hydrogen-bond donors (Lipinski definition) is 1. The van der Waals surface area contributed by atoms with E-state index in [-0.39, 0.29) is 18.2 Å². The third kappa shape index (κ3) is 3.90. The summed E-state index contributed by atoms with van der Waals surface area (Å²) in [5, 5.41) is 7.08. The van der Waals surface area contributed by atoms with Gasteiger partial charge in [0.25, 0.3) is 0 Å². The number of carbonyl (C=O) groups excluding carboxylic acids is 2. The van der Waals surface area contributed by atoms with Crippen LogP contribution in [-0.2, 0) is 9.59 Å². The fraction of sp³-hybridized carbons (Fsp3) is 0.360. The number of aromatic nitrogens is 2. The average molecular weight is 431 g/mol. The van der Waals surface area contributed by atoms with Crippen LogP contribution >= 0.6 is 0 Å². The number of anilines is 2. The van der Waals surface area contributed by atoms with Gasteiger partial charge in [-0.05, 0) is 62.1 Å². The van der Waals surface area contributed by atoms with E-state index in [1.165, 1.54) is 12.0 Å². The van der Waals surface area contributed by atoms with Gasteiger partial charge in [0.05, 0.1) is 5.92 Å². The molecule has 0 unspecified atom stereocenters. The maximum Gasteiger partial charge on any atom is 0.230 e. The van der Waals surface area contributed by atoms with Crippen molar-refractivity contribution in [1.82, 2.24) is 10.1 Å². The van der Waals surface area contributed by atoms with Gasteiger partial charge in [-0.1, -0.05) is 29.8 Å². The largest absolute Gasteiger partial charge is 0.339 e. The van der Waals surface area contributed by atoms with Crippen LogP contribution in [0.4, 0.5) is 11.4 Å². The highest BCUT2D eigenvalue weighted by Gasteiger charge is 2.35. The maximum absolute atomic E-state index is 12.8. The van der Waals surface area contributed by atoms with Crippen molar-refractivity contribution in [3.8, 4) is 11.4 Å². The summed E-state index contributed by atoms with van der Waals surface area (Å²) in [6.07, 6.45) is 3.58. The van der Waals surface area contributed by atoms with Crippen LogP contribution in [0.1, 0.15) is 48.6 Å². The molecule has 2 fully saturated rings. The fourth-order valence-corrected chi connectivity index (χ4v) is 4.18. The van der Waals surface area contributed by atoms with Gasteiger partial charge in [-0.25, -0.2) is 0 Å². The third-order valence-electron chi connectivity index (χ3n) is 6.58. The highest BCUT2D eigenvalue weighted by atomic mass is 16.5. The lowest BCUT2D eigenvalue weighted by Gasteiger charge is -2.20. The molecule has 5 rings (SSSR count). The highest BCUT2D eigenvalue weighted by molar-refractivity contribution is 6.03. The Balaban J connectivity index is 1.29. The van der Waals surface area contributed by atoms with Crippen molar-refractivity contribution >= 4 is 23.2 Å². The molecule has 7 heteroatoms. The van der Waals surface area contributed by atoms with Crippen molar-refractivity contribution in [1.29, 1.82) is 0 Å². The average Bonchev–Trinajstić information content (AvgIpc) is 3.37. The van der Waals surface area contributed by atoms with E-state index >= 15 is 0 Å². The van der Waals surface area contributed by atoms with Crippen LogP contribution in [0.2, 0.25) is 0 Å². The van der Waals surface area contributed by atoms with Crippen LogP contribution in [0.25, 0.3) is 11.4 Å². The number of nitrogens with one attached hydrogen (secondary N) is 1. The topological polar surface area (TPSA) is 88.3 Å². The highest BCUT2D eigenvalue weighted by Crippen LogP contribution is 2.36. The molecule has 2 aliphatic rings. The molecule has 0 radical (unpaired) electrons. The first kappa shape index (κ1) is 20.4. The predicted octanol–water partition coefficient (Wildman–Crippen LogP) is 4.61. The first-order valence-electron chi connectivity index (χ1n) is 11.1.